The summed E-state index contributed by atoms with van der Waals surface area (Å²) in [5.41, 5.74) is 1.82. The van der Waals surface area contributed by atoms with Gasteiger partial charge in [-0.05, 0) is 46.8 Å². The van der Waals surface area contributed by atoms with Crippen LogP contribution in [0.2, 0.25) is 0 Å². The Morgan fingerprint density at radius 1 is 0.885 bits per heavy atom. The van der Waals surface area contributed by atoms with Crippen LogP contribution in [0, 0.1) is 6.92 Å². The molecule has 1 amide bonds. The molecule has 142 valence electrons. The number of rotatable bonds is 2. The van der Waals surface area contributed by atoms with E-state index in [1.54, 1.807) is 0 Å². The first kappa shape index (κ1) is 17.9. The van der Waals surface area contributed by atoms with Crippen molar-refractivity contribution in [3.05, 3.63) is 29.8 Å². The predicted octanol–water partition coefficient (Wildman–Crippen LogP) is 2.33. The van der Waals surface area contributed by atoms with E-state index in [4.69, 9.17) is 23.7 Å². The summed E-state index contributed by atoms with van der Waals surface area (Å²) in [4.78, 5) is 12.9. The summed E-state index contributed by atoms with van der Waals surface area (Å²) in [6.45, 7) is 9.25. The number of amides is 1. The summed E-state index contributed by atoms with van der Waals surface area (Å²) in [5.74, 6) is -1.93. The van der Waals surface area contributed by atoms with Crippen molar-refractivity contribution in [1.82, 2.24) is 0 Å². The zero-order valence-electron chi connectivity index (χ0n) is 15.6. The first-order valence-electron chi connectivity index (χ1n) is 8.88. The number of hydrogen-bond donors (Lipinski definition) is 1. The van der Waals surface area contributed by atoms with Crippen molar-refractivity contribution in [2.75, 3.05) is 5.32 Å². The minimum absolute atomic E-state index is 0.295. The lowest BCUT2D eigenvalue weighted by molar-refractivity contribution is -0.229. The molecule has 3 heterocycles. The smallest absolute Gasteiger partial charge is 0.256 e. The maximum absolute atomic E-state index is 12.9. The molecule has 0 spiro atoms. The van der Waals surface area contributed by atoms with E-state index in [9.17, 15) is 4.79 Å². The van der Waals surface area contributed by atoms with Gasteiger partial charge in [-0.3, -0.25) is 4.79 Å². The zero-order chi connectivity index (χ0) is 18.7. The van der Waals surface area contributed by atoms with Crippen LogP contribution in [-0.2, 0) is 28.5 Å². The Balaban J connectivity index is 1.57. The third-order valence-corrected chi connectivity index (χ3v) is 4.73. The van der Waals surface area contributed by atoms with Crippen molar-refractivity contribution >= 4 is 11.6 Å². The molecule has 1 aromatic rings. The largest absolute Gasteiger partial charge is 0.342 e. The predicted molar refractivity (Wildman–Crippen MR) is 92.3 cm³/mol. The van der Waals surface area contributed by atoms with Crippen molar-refractivity contribution < 1.29 is 28.5 Å². The van der Waals surface area contributed by atoms with E-state index in [2.05, 4.69) is 5.32 Å². The number of benzene rings is 1. The quantitative estimate of drug-likeness (QED) is 0.869. The Kier molecular flexibility index (Phi) is 4.13. The Morgan fingerprint density at radius 2 is 1.46 bits per heavy atom. The molecule has 3 aliphatic heterocycles. The van der Waals surface area contributed by atoms with Crippen LogP contribution in [0.4, 0.5) is 5.69 Å². The first-order valence-corrected chi connectivity index (χ1v) is 8.88. The van der Waals surface area contributed by atoms with Crippen LogP contribution in [0.25, 0.3) is 0 Å². The first-order chi connectivity index (χ1) is 12.1. The number of aryl methyl sites for hydroxylation is 1. The fourth-order valence-electron chi connectivity index (χ4n) is 3.67. The number of carbonyl (C=O) groups excluding carboxylic acids is 1. The molecule has 0 aromatic heterocycles. The molecular formula is C19H25NO6. The lowest BCUT2D eigenvalue weighted by Gasteiger charge is -2.36. The Morgan fingerprint density at radius 3 is 2.15 bits per heavy atom. The number of hydrogen-bond acceptors (Lipinski definition) is 6. The zero-order valence-corrected chi connectivity index (χ0v) is 15.6. The summed E-state index contributed by atoms with van der Waals surface area (Å²) in [7, 11) is 0. The maximum Gasteiger partial charge on any atom is 0.256 e. The second-order valence-corrected chi connectivity index (χ2v) is 7.95. The molecule has 7 heteroatoms. The van der Waals surface area contributed by atoms with Crippen molar-refractivity contribution in [3.8, 4) is 0 Å². The van der Waals surface area contributed by atoms with Gasteiger partial charge >= 0.3 is 0 Å². The SMILES string of the molecule is Cc1ccc(NC(=O)[C@@H]2O[C@@H]3OC(C)(C)O[C@@H]3[C@H]3OC(C)(C)O[C@H]32)cc1. The topological polar surface area (TPSA) is 75.3 Å². The van der Waals surface area contributed by atoms with Gasteiger partial charge in [-0.15, -0.1) is 0 Å². The lowest BCUT2D eigenvalue weighted by atomic mass is 9.98. The average Bonchev–Trinajstić information content (AvgIpc) is 3.02. The van der Waals surface area contributed by atoms with Crippen LogP contribution in [0.5, 0.6) is 0 Å². The minimum atomic E-state index is -0.859. The van der Waals surface area contributed by atoms with E-state index in [0.717, 1.165) is 5.56 Å². The second kappa shape index (κ2) is 6.00. The van der Waals surface area contributed by atoms with Gasteiger partial charge in [0, 0.05) is 5.69 Å². The number of carbonyl (C=O) groups is 1. The third-order valence-electron chi connectivity index (χ3n) is 4.73. The van der Waals surface area contributed by atoms with E-state index in [1.165, 1.54) is 0 Å². The number of anilines is 1. The van der Waals surface area contributed by atoms with Crippen LogP contribution >= 0.6 is 0 Å². The summed E-state index contributed by atoms with van der Waals surface area (Å²) in [5, 5.41) is 2.88. The molecule has 5 atom stereocenters. The van der Waals surface area contributed by atoms with Crippen LogP contribution in [0.15, 0.2) is 24.3 Å². The van der Waals surface area contributed by atoms with Gasteiger partial charge in [-0.1, -0.05) is 17.7 Å². The number of ether oxygens (including phenoxy) is 5. The van der Waals surface area contributed by atoms with E-state index in [-0.39, 0.29) is 5.91 Å². The molecule has 3 fully saturated rings. The van der Waals surface area contributed by atoms with E-state index < -0.39 is 42.3 Å². The highest BCUT2D eigenvalue weighted by molar-refractivity contribution is 5.94. The molecule has 1 aromatic carbocycles. The van der Waals surface area contributed by atoms with E-state index in [0.29, 0.717) is 5.69 Å². The van der Waals surface area contributed by atoms with Crippen molar-refractivity contribution in [2.45, 2.75) is 76.9 Å². The molecule has 0 bridgehead atoms. The van der Waals surface area contributed by atoms with Gasteiger partial charge in [0.1, 0.15) is 18.3 Å². The van der Waals surface area contributed by atoms with Gasteiger partial charge in [0.05, 0.1) is 0 Å². The Hall–Kier alpha value is -1.51. The molecular weight excluding hydrogens is 338 g/mol. The third kappa shape index (κ3) is 3.25. The maximum atomic E-state index is 12.9. The normalized spacial score (nSPS) is 37.0. The summed E-state index contributed by atoms with van der Waals surface area (Å²) in [6.07, 6.45) is -3.01. The van der Waals surface area contributed by atoms with Gasteiger partial charge < -0.3 is 29.0 Å². The molecule has 4 rings (SSSR count). The minimum Gasteiger partial charge on any atom is -0.342 e. The molecule has 0 unspecified atom stereocenters. The van der Waals surface area contributed by atoms with Crippen molar-refractivity contribution in [3.63, 3.8) is 0 Å². The lowest BCUT2D eigenvalue weighted by Crippen LogP contribution is -2.58. The van der Waals surface area contributed by atoms with E-state index >= 15 is 0 Å². The van der Waals surface area contributed by atoms with E-state index in [1.807, 2.05) is 58.9 Å². The molecule has 0 radical (unpaired) electrons. The van der Waals surface area contributed by atoms with Crippen LogP contribution in [0.3, 0.4) is 0 Å². The van der Waals surface area contributed by atoms with Crippen molar-refractivity contribution in [2.24, 2.45) is 0 Å². The molecule has 7 nitrogen and oxygen atoms in total. The van der Waals surface area contributed by atoms with Crippen LogP contribution in [0.1, 0.15) is 33.3 Å². The number of nitrogens with one attached hydrogen (secondary N) is 1. The van der Waals surface area contributed by atoms with Crippen LogP contribution < -0.4 is 5.32 Å². The van der Waals surface area contributed by atoms with Crippen molar-refractivity contribution in [1.29, 1.82) is 0 Å². The monoisotopic (exact) mass is 363 g/mol. The van der Waals surface area contributed by atoms with Gasteiger partial charge in [-0.25, -0.2) is 0 Å². The molecule has 3 aliphatic rings. The van der Waals surface area contributed by atoms with Gasteiger partial charge in [0.15, 0.2) is 24.0 Å². The van der Waals surface area contributed by atoms with Gasteiger partial charge in [0.2, 0.25) is 0 Å². The molecule has 0 saturated carbocycles. The molecule has 26 heavy (non-hydrogen) atoms. The number of fused-ring (bicyclic) bond motifs is 3. The summed E-state index contributed by atoms with van der Waals surface area (Å²) in [6, 6.07) is 7.57. The Bertz CT molecular complexity index is 700. The van der Waals surface area contributed by atoms with Gasteiger partial charge in [0.25, 0.3) is 5.91 Å². The highest BCUT2D eigenvalue weighted by Crippen LogP contribution is 2.44. The second-order valence-electron chi connectivity index (χ2n) is 7.95. The summed E-state index contributed by atoms with van der Waals surface area (Å²) < 4.78 is 29.7. The van der Waals surface area contributed by atoms with Crippen LogP contribution in [-0.4, -0.2) is 48.2 Å². The fourth-order valence-corrected chi connectivity index (χ4v) is 3.67. The molecule has 3 saturated heterocycles. The highest BCUT2D eigenvalue weighted by atomic mass is 16.9. The summed E-state index contributed by atoms with van der Waals surface area (Å²) >= 11 is 0. The fraction of sp³-hybridized carbons (Fsp3) is 0.632. The highest BCUT2D eigenvalue weighted by Gasteiger charge is 2.62. The Labute approximate surface area is 152 Å². The standard InChI is InChI=1S/C19H25NO6/c1-10-6-8-11(9-7-10)20-16(21)14-12-13(24-18(2,3)23-12)15-17(22-14)26-19(4,5)25-15/h6-9,12-15,17H,1-5H3,(H,20,21)/t12-,13+,14-,15-,17-/m1/s1. The molecule has 1 N–H and O–H groups in total. The molecule has 0 aliphatic carbocycles. The van der Waals surface area contributed by atoms with Gasteiger partial charge in [-0.2, -0.15) is 0 Å². The average molecular weight is 363 g/mol.